The number of thioether (sulfide) groups is 1. The zero-order chi connectivity index (χ0) is 25.8. The van der Waals surface area contributed by atoms with Crippen LogP contribution in [0.5, 0.6) is 0 Å². The number of thiophene rings is 1. The molecule has 1 aliphatic heterocycles. The molecule has 3 N–H and O–H groups in total. The molecule has 2 atom stereocenters. The lowest BCUT2D eigenvalue weighted by atomic mass is 10.1. The zero-order valence-electron chi connectivity index (χ0n) is 19.9. The number of fused-ring (bicyclic) bond motifs is 1. The van der Waals surface area contributed by atoms with Crippen LogP contribution in [0.4, 0.5) is 11.4 Å². The van der Waals surface area contributed by atoms with Gasteiger partial charge in [0.15, 0.2) is 0 Å². The van der Waals surface area contributed by atoms with Crippen LogP contribution in [-0.4, -0.2) is 50.1 Å². The average molecular weight is 545 g/mol. The van der Waals surface area contributed by atoms with Crippen LogP contribution >= 0.6 is 23.1 Å². The molecule has 0 radical (unpaired) electrons. The van der Waals surface area contributed by atoms with Gasteiger partial charge in [0.05, 0.1) is 22.3 Å². The molecular weight excluding hydrogens is 517 g/mol. The molecule has 36 heavy (non-hydrogen) atoms. The number of nitrogens with one attached hydrogen (secondary N) is 2. The van der Waals surface area contributed by atoms with E-state index in [1.165, 1.54) is 17.6 Å². The number of hydrogen-bond donors (Lipinski definition) is 3. The Morgan fingerprint density at radius 1 is 1.25 bits per heavy atom. The van der Waals surface area contributed by atoms with E-state index in [0.29, 0.717) is 23.5 Å². The molecule has 0 aliphatic carbocycles. The summed E-state index contributed by atoms with van der Waals surface area (Å²) in [6.07, 6.45) is 1.87. The second-order valence-electron chi connectivity index (χ2n) is 8.67. The predicted octanol–water partition coefficient (Wildman–Crippen LogP) is 4.18. The number of nitrogens with zero attached hydrogens (tertiary/aromatic N) is 2. The van der Waals surface area contributed by atoms with Crippen LogP contribution in [0.25, 0.3) is 0 Å². The van der Waals surface area contributed by atoms with Gasteiger partial charge in [-0.05, 0) is 35.6 Å². The lowest BCUT2D eigenvalue weighted by Gasteiger charge is -2.25. The molecule has 1 aliphatic rings. The van der Waals surface area contributed by atoms with Crippen LogP contribution in [0.15, 0.2) is 75.4 Å². The van der Waals surface area contributed by atoms with Gasteiger partial charge in [0.2, 0.25) is 5.91 Å². The van der Waals surface area contributed by atoms with Gasteiger partial charge in [0.1, 0.15) is 10.3 Å². The zero-order valence-corrected chi connectivity index (χ0v) is 22.4. The smallest absolute Gasteiger partial charge is 0.273 e. The first-order valence-electron chi connectivity index (χ1n) is 11.3. The van der Waals surface area contributed by atoms with E-state index in [1.54, 1.807) is 41.4 Å². The molecule has 190 valence electrons. The summed E-state index contributed by atoms with van der Waals surface area (Å²) in [5.74, 6) is 0.486. The number of rotatable bonds is 10. The van der Waals surface area contributed by atoms with Gasteiger partial charge in [-0.3, -0.25) is 9.10 Å². The highest BCUT2D eigenvalue weighted by molar-refractivity contribution is 8.00. The van der Waals surface area contributed by atoms with Crippen LogP contribution in [0, 0.1) is 0 Å². The molecule has 0 saturated carbocycles. The van der Waals surface area contributed by atoms with Crippen molar-refractivity contribution in [3.63, 3.8) is 0 Å². The third-order valence-electron chi connectivity index (χ3n) is 5.99. The van der Waals surface area contributed by atoms with Crippen LogP contribution in [0.3, 0.4) is 0 Å². The molecule has 4 rings (SSSR count). The number of carbonyl (C=O) groups is 1. The fourth-order valence-corrected chi connectivity index (χ4v) is 7.28. The Morgan fingerprint density at radius 2 is 2.03 bits per heavy atom. The highest BCUT2D eigenvalue weighted by atomic mass is 32.2. The van der Waals surface area contributed by atoms with Crippen molar-refractivity contribution < 1.29 is 18.4 Å². The average Bonchev–Trinajstić information content (AvgIpc) is 3.57. The Labute approximate surface area is 219 Å². The molecule has 0 saturated heterocycles. The number of sulfonamides is 1. The molecule has 2 unspecified atom stereocenters. The minimum atomic E-state index is -3.70. The molecule has 8 nitrogen and oxygen atoms in total. The van der Waals surface area contributed by atoms with Gasteiger partial charge in [-0.1, -0.05) is 48.5 Å². The third kappa shape index (κ3) is 5.69. The van der Waals surface area contributed by atoms with Crippen LogP contribution in [0.2, 0.25) is 0 Å². The van der Waals surface area contributed by atoms with E-state index in [-0.39, 0.29) is 16.7 Å². The third-order valence-corrected chi connectivity index (χ3v) is 10.5. The molecule has 0 bridgehead atoms. The number of para-hydroxylation sites is 1. The fraction of sp³-hybridized carbons (Fsp3) is 0.280. The lowest BCUT2D eigenvalue weighted by Crippen LogP contribution is -2.45. The van der Waals surface area contributed by atoms with Crippen LogP contribution in [-0.2, 0) is 27.0 Å². The highest BCUT2D eigenvalue weighted by Gasteiger charge is 2.33. The van der Waals surface area contributed by atoms with Crippen molar-refractivity contribution in [2.24, 2.45) is 5.16 Å². The maximum Gasteiger partial charge on any atom is 0.273 e. The van der Waals surface area contributed by atoms with Crippen molar-refractivity contribution >= 4 is 56.6 Å². The molecule has 2 heterocycles. The van der Waals surface area contributed by atoms with E-state index in [2.05, 4.69) is 15.8 Å². The maximum atomic E-state index is 13.1. The Hall–Kier alpha value is -3.02. The summed E-state index contributed by atoms with van der Waals surface area (Å²) in [5, 5.41) is 20.3. The first-order valence-corrected chi connectivity index (χ1v) is 14.6. The minimum Gasteiger partial charge on any atom is -0.411 e. The van der Waals surface area contributed by atoms with E-state index < -0.39 is 20.8 Å². The summed E-state index contributed by atoms with van der Waals surface area (Å²) in [7, 11) is -2.19. The van der Waals surface area contributed by atoms with E-state index in [0.717, 1.165) is 22.5 Å². The SMILES string of the molecule is CN(c1cccc2c1NC(C(=O)NCC(C)(/C=N/O)SCc1ccccc1)C2)S(=O)(=O)c1cccs1. The molecular formula is C25H28N4O4S3. The Bertz CT molecular complexity index is 1330. The van der Waals surface area contributed by atoms with E-state index in [4.69, 9.17) is 0 Å². The summed E-state index contributed by atoms with van der Waals surface area (Å²) < 4.78 is 27.0. The highest BCUT2D eigenvalue weighted by Crippen LogP contribution is 2.38. The quantitative estimate of drug-likeness (QED) is 0.201. The molecule has 11 heteroatoms. The number of hydrogen-bond acceptors (Lipinski definition) is 8. The van der Waals surface area contributed by atoms with Gasteiger partial charge < -0.3 is 15.8 Å². The molecule has 0 spiro atoms. The van der Waals surface area contributed by atoms with Gasteiger partial charge in [-0.25, -0.2) is 8.42 Å². The van der Waals surface area contributed by atoms with Gasteiger partial charge in [-0.2, -0.15) is 0 Å². The Morgan fingerprint density at radius 3 is 2.72 bits per heavy atom. The molecule has 3 aromatic rings. The number of amides is 1. The predicted molar refractivity (Wildman–Crippen MR) is 147 cm³/mol. The topological polar surface area (TPSA) is 111 Å². The molecule has 1 aromatic heterocycles. The number of carbonyl (C=O) groups excluding carboxylic acids is 1. The molecule has 2 aromatic carbocycles. The maximum absolute atomic E-state index is 13.1. The first-order chi connectivity index (χ1) is 17.2. The monoisotopic (exact) mass is 544 g/mol. The lowest BCUT2D eigenvalue weighted by molar-refractivity contribution is -0.121. The van der Waals surface area contributed by atoms with Gasteiger partial charge >= 0.3 is 0 Å². The van der Waals surface area contributed by atoms with Crippen molar-refractivity contribution in [2.75, 3.05) is 23.2 Å². The molecule has 1 amide bonds. The molecule has 0 fully saturated rings. The summed E-state index contributed by atoms with van der Waals surface area (Å²) in [6.45, 7) is 2.17. The van der Waals surface area contributed by atoms with Crippen LogP contribution < -0.4 is 14.9 Å². The van der Waals surface area contributed by atoms with Crippen molar-refractivity contribution in [3.05, 3.63) is 77.2 Å². The van der Waals surface area contributed by atoms with Crippen molar-refractivity contribution in [1.82, 2.24) is 5.32 Å². The largest absolute Gasteiger partial charge is 0.411 e. The van der Waals surface area contributed by atoms with Gasteiger partial charge in [0, 0.05) is 25.8 Å². The second kappa shape index (κ2) is 10.9. The minimum absolute atomic E-state index is 0.209. The Balaban J connectivity index is 1.43. The second-order valence-corrected chi connectivity index (χ2v) is 13.3. The van der Waals surface area contributed by atoms with E-state index >= 15 is 0 Å². The fourth-order valence-electron chi connectivity index (χ4n) is 3.93. The number of anilines is 2. The Kier molecular flexibility index (Phi) is 7.91. The van der Waals surface area contributed by atoms with Crippen molar-refractivity contribution in [2.45, 2.75) is 34.1 Å². The van der Waals surface area contributed by atoms with Gasteiger partial charge in [-0.15, -0.1) is 28.3 Å². The van der Waals surface area contributed by atoms with Crippen molar-refractivity contribution in [3.8, 4) is 0 Å². The summed E-state index contributed by atoms with van der Waals surface area (Å²) >= 11 is 2.73. The normalized spacial score (nSPS) is 16.8. The standard InChI is InChI=1S/C25H28N4O4S3/c1-25(17-27-31,35-15-18-8-4-3-5-9-18)16-26-24(30)20-14-19-10-6-11-21(23(19)28-20)29(2)36(32,33)22-12-7-13-34-22/h3-13,17,20,28,31H,14-16H2,1-2H3,(H,26,30)/b27-17+. The summed E-state index contributed by atoms with van der Waals surface area (Å²) in [5.41, 5.74) is 3.14. The number of benzene rings is 2. The first kappa shape index (κ1) is 26.1. The summed E-state index contributed by atoms with van der Waals surface area (Å²) in [4.78, 5) is 13.1. The summed E-state index contributed by atoms with van der Waals surface area (Å²) in [6, 6.07) is 18.1. The van der Waals surface area contributed by atoms with Crippen molar-refractivity contribution in [1.29, 1.82) is 0 Å². The van der Waals surface area contributed by atoms with E-state index in [1.807, 2.05) is 43.3 Å². The number of oxime groups is 1. The van der Waals surface area contributed by atoms with E-state index in [9.17, 15) is 18.4 Å². The van der Waals surface area contributed by atoms with Crippen LogP contribution in [0.1, 0.15) is 18.1 Å². The van der Waals surface area contributed by atoms with Gasteiger partial charge in [0.25, 0.3) is 10.0 Å².